The van der Waals surface area contributed by atoms with Crippen LogP contribution in [0.1, 0.15) is 49.4 Å². The highest BCUT2D eigenvalue weighted by Gasteiger charge is 2.24. The summed E-state index contributed by atoms with van der Waals surface area (Å²) in [4.78, 5) is 27.3. The van der Waals surface area contributed by atoms with Crippen molar-refractivity contribution in [1.29, 1.82) is 0 Å². The van der Waals surface area contributed by atoms with Crippen LogP contribution in [-0.2, 0) is 16.1 Å². The molecule has 1 fully saturated rings. The average Bonchev–Trinajstić information content (AvgIpc) is 2.73. The van der Waals surface area contributed by atoms with Gasteiger partial charge in [0.15, 0.2) is 5.82 Å². The van der Waals surface area contributed by atoms with Crippen LogP contribution < -0.4 is 5.32 Å². The van der Waals surface area contributed by atoms with Gasteiger partial charge < -0.3 is 5.32 Å². The van der Waals surface area contributed by atoms with Gasteiger partial charge >= 0.3 is 0 Å². The van der Waals surface area contributed by atoms with Crippen molar-refractivity contribution in [1.82, 2.24) is 20.3 Å². The van der Waals surface area contributed by atoms with Crippen LogP contribution in [0.25, 0.3) is 11.4 Å². The largest absolute Gasteiger partial charge is 0.349 e. The molecular weight excluding hydrogens is 340 g/mol. The number of nitrogens with zero attached hydrogens (tertiary/aromatic N) is 3. The highest BCUT2D eigenvalue weighted by Crippen LogP contribution is 2.29. The Balaban J connectivity index is 1.40. The van der Waals surface area contributed by atoms with E-state index in [9.17, 15) is 4.79 Å². The first-order valence-corrected chi connectivity index (χ1v) is 9.88. The fourth-order valence-electron chi connectivity index (χ4n) is 3.74. The van der Waals surface area contributed by atoms with Crippen LogP contribution in [0.4, 0.5) is 0 Å². The van der Waals surface area contributed by atoms with Crippen molar-refractivity contribution in [3.63, 3.8) is 0 Å². The maximum absolute atomic E-state index is 12.4. The fourth-order valence-corrected chi connectivity index (χ4v) is 3.74. The molecule has 1 saturated heterocycles. The third-order valence-electron chi connectivity index (χ3n) is 5.21. The molecule has 1 aliphatic heterocycles. The maximum Gasteiger partial charge on any atom is 0.221 e. The van der Waals surface area contributed by atoms with Gasteiger partial charge in [-0.3, -0.25) is 9.63 Å². The summed E-state index contributed by atoms with van der Waals surface area (Å²) in [6.07, 6.45) is 7.49. The topological polar surface area (TPSA) is 67.3 Å². The van der Waals surface area contributed by atoms with Gasteiger partial charge in [-0.1, -0.05) is 30.3 Å². The molecule has 0 bridgehead atoms. The van der Waals surface area contributed by atoms with E-state index in [1.807, 2.05) is 41.6 Å². The maximum atomic E-state index is 12.4. The zero-order valence-corrected chi connectivity index (χ0v) is 15.6. The van der Waals surface area contributed by atoms with Crippen molar-refractivity contribution < 1.29 is 9.63 Å². The molecule has 0 saturated carbocycles. The molecule has 2 heterocycles. The van der Waals surface area contributed by atoms with Crippen LogP contribution in [0.5, 0.6) is 0 Å². The highest BCUT2D eigenvalue weighted by atomic mass is 16.7. The van der Waals surface area contributed by atoms with Crippen molar-refractivity contribution in [3.05, 3.63) is 47.8 Å². The molecule has 1 aliphatic carbocycles. The monoisotopic (exact) mass is 366 g/mol. The van der Waals surface area contributed by atoms with Gasteiger partial charge in [-0.05, 0) is 32.1 Å². The van der Waals surface area contributed by atoms with Crippen molar-refractivity contribution in [2.24, 2.45) is 0 Å². The van der Waals surface area contributed by atoms with Crippen molar-refractivity contribution in [2.75, 3.05) is 19.7 Å². The van der Waals surface area contributed by atoms with E-state index < -0.39 is 0 Å². The van der Waals surface area contributed by atoms with Crippen LogP contribution in [0, 0.1) is 0 Å². The van der Waals surface area contributed by atoms with Crippen molar-refractivity contribution >= 4 is 5.91 Å². The summed E-state index contributed by atoms with van der Waals surface area (Å²) < 4.78 is 0. The Morgan fingerprint density at radius 1 is 1.22 bits per heavy atom. The quantitative estimate of drug-likeness (QED) is 0.881. The summed E-state index contributed by atoms with van der Waals surface area (Å²) in [6.45, 7) is 2.32. The van der Waals surface area contributed by atoms with Gasteiger partial charge in [0, 0.05) is 42.5 Å². The lowest BCUT2D eigenvalue weighted by molar-refractivity contribution is -0.181. The summed E-state index contributed by atoms with van der Waals surface area (Å²) in [5, 5.41) is 5.08. The van der Waals surface area contributed by atoms with Crippen LogP contribution in [0.2, 0.25) is 0 Å². The number of benzene rings is 1. The standard InChI is InChI=1S/C21H26N4O2/c26-20(11-13-25-12-4-5-14-27-25)23-18-9-6-10-19-17(18)15-22-21(24-19)16-7-2-1-3-8-16/h1-3,7-8,15,18H,4-6,9-14H2,(H,23,26). The average molecular weight is 366 g/mol. The van der Waals surface area contributed by atoms with E-state index in [1.54, 1.807) is 0 Å². The second-order valence-electron chi connectivity index (χ2n) is 7.19. The number of rotatable bonds is 5. The van der Waals surface area contributed by atoms with E-state index in [2.05, 4.69) is 10.3 Å². The first-order chi connectivity index (χ1) is 13.3. The second-order valence-corrected chi connectivity index (χ2v) is 7.19. The SMILES string of the molecule is O=C(CCN1CCCCO1)NC1CCCc2nc(-c3ccccc3)ncc21. The summed E-state index contributed by atoms with van der Waals surface area (Å²) in [5.74, 6) is 0.817. The van der Waals surface area contributed by atoms with E-state index in [-0.39, 0.29) is 11.9 Å². The Labute approximate surface area is 159 Å². The second kappa shape index (κ2) is 8.59. The molecule has 142 valence electrons. The third-order valence-corrected chi connectivity index (χ3v) is 5.21. The van der Waals surface area contributed by atoms with Crippen molar-refractivity contribution in [2.45, 2.75) is 44.6 Å². The number of amides is 1. The number of nitrogens with one attached hydrogen (secondary N) is 1. The minimum absolute atomic E-state index is 0.00773. The molecule has 2 aliphatic rings. The van der Waals surface area contributed by atoms with Gasteiger partial charge in [0.1, 0.15) is 0 Å². The predicted molar refractivity (Wildman–Crippen MR) is 103 cm³/mol. The molecule has 1 aromatic heterocycles. The Morgan fingerprint density at radius 2 is 2.11 bits per heavy atom. The summed E-state index contributed by atoms with van der Waals surface area (Å²) in [7, 11) is 0. The predicted octanol–water partition coefficient (Wildman–Crippen LogP) is 3.05. The number of aromatic nitrogens is 2. The van der Waals surface area contributed by atoms with Gasteiger partial charge in [-0.25, -0.2) is 9.97 Å². The third kappa shape index (κ3) is 4.51. The van der Waals surface area contributed by atoms with Crippen LogP contribution in [-0.4, -0.2) is 40.6 Å². The Bertz CT molecular complexity index is 775. The number of hydrogen-bond acceptors (Lipinski definition) is 5. The molecule has 4 rings (SSSR count). The highest BCUT2D eigenvalue weighted by molar-refractivity contribution is 5.76. The fraction of sp³-hybridized carbons (Fsp3) is 0.476. The lowest BCUT2D eigenvalue weighted by Crippen LogP contribution is -2.36. The zero-order valence-electron chi connectivity index (χ0n) is 15.6. The Kier molecular flexibility index (Phi) is 5.75. The van der Waals surface area contributed by atoms with Gasteiger partial charge in [0.2, 0.25) is 5.91 Å². The molecule has 1 unspecified atom stereocenters. The first kappa shape index (κ1) is 18.1. The number of hydroxylamine groups is 2. The normalized spacial score (nSPS) is 20.1. The number of aryl methyl sites for hydroxylation is 1. The molecule has 27 heavy (non-hydrogen) atoms. The molecule has 0 spiro atoms. The molecule has 2 aromatic rings. The van der Waals surface area contributed by atoms with Crippen LogP contribution >= 0.6 is 0 Å². The van der Waals surface area contributed by atoms with E-state index in [0.29, 0.717) is 13.0 Å². The summed E-state index contributed by atoms with van der Waals surface area (Å²) in [6, 6.07) is 10.0. The van der Waals surface area contributed by atoms with Gasteiger partial charge in [-0.2, -0.15) is 5.06 Å². The van der Waals surface area contributed by atoms with Crippen molar-refractivity contribution in [3.8, 4) is 11.4 Å². The van der Waals surface area contributed by atoms with Gasteiger partial charge in [-0.15, -0.1) is 0 Å². The van der Waals surface area contributed by atoms with Crippen LogP contribution in [0.3, 0.4) is 0 Å². The molecule has 6 nitrogen and oxygen atoms in total. The molecule has 6 heteroatoms. The Hall–Kier alpha value is -2.31. The van der Waals surface area contributed by atoms with E-state index in [0.717, 1.165) is 67.9 Å². The molecule has 0 radical (unpaired) electrons. The Morgan fingerprint density at radius 3 is 2.93 bits per heavy atom. The lowest BCUT2D eigenvalue weighted by atomic mass is 9.92. The molecule has 1 aromatic carbocycles. The number of carbonyl (C=O) groups excluding carboxylic acids is 1. The van der Waals surface area contributed by atoms with Crippen LogP contribution in [0.15, 0.2) is 36.5 Å². The van der Waals surface area contributed by atoms with Gasteiger partial charge in [0.25, 0.3) is 0 Å². The molecule has 1 atom stereocenters. The number of fused-ring (bicyclic) bond motifs is 1. The molecular formula is C21H26N4O2. The summed E-state index contributed by atoms with van der Waals surface area (Å²) >= 11 is 0. The molecule has 1 N–H and O–H groups in total. The first-order valence-electron chi connectivity index (χ1n) is 9.88. The number of hydrogen-bond donors (Lipinski definition) is 1. The molecule has 1 amide bonds. The van der Waals surface area contributed by atoms with Gasteiger partial charge in [0.05, 0.1) is 12.6 Å². The zero-order chi connectivity index (χ0) is 18.5. The minimum atomic E-state index is 0.00773. The van der Waals surface area contributed by atoms with E-state index in [1.165, 1.54) is 0 Å². The smallest absolute Gasteiger partial charge is 0.221 e. The number of carbonyl (C=O) groups is 1. The minimum Gasteiger partial charge on any atom is -0.349 e. The lowest BCUT2D eigenvalue weighted by Gasteiger charge is -2.27. The van der Waals surface area contributed by atoms with E-state index in [4.69, 9.17) is 9.82 Å². The van der Waals surface area contributed by atoms with E-state index >= 15 is 0 Å². The summed E-state index contributed by atoms with van der Waals surface area (Å²) in [5.41, 5.74) is 3.14.